The lowest BCUT2D eigenvalue weighted by molar-refractivity contribution is -0.111. The van der Waals surface area contributed by atoms with Gasteiger partial charge in [-0.15, -0.1) is 0 Å². The molecule has 0 radical (unpaired) electrons. The second kappa shape index (κ2) is 9.92. The fourth-order valence-electron chi connectivity index (χ4n) is 3.32. The van der Waals surface area contributed by atoms with E-state index in [2.05, 4.69) is 12.2 Å². The Labute approximate surface area is 172 Å². The van der Waals surface area contributed by atoms with Gasteiger partial charge in [0.15, 0.2) is 0 Å². The molecule has 0 aliphatic carbocycles. The van der Waals surface area contributed by atoms with Crippen LogP contribution in [-0.4, -0.2) is 36.4 Å². The van der Waals surface area contributed by atoms with Gasteiger partial charge < -0.3 is 15.0 Å². The molecule has 2 aromatic carbocycles. The summed E-state index contributed by atoms with van der Waals surface area (Å²) in [7, 11) is 0. The highest BCUT2D eigenvalue weighted by Gasteiger charge is 2.21. The molecule has 1 fully saturated rings. The van der Waals surface area contributed by atoms with Gasteiger partial charge in [0.05, 0.1) is 6.61 Å². The Balaban J connectivity index is 1.59. The van der Waals surface area contributed by atoms with Crippen molar-refractivity contribution in [2.45, 2.75) is 26.7 Å². The van der Waals surface area contributed by atoms with Crippen LogP contribution in [0.2, 0.25) is 0 Å². The number of carbonyl (C=O) groups is 2. The van der Waals surface area contributed by atoms with Gasteiger partial charge >= 0.3 is 0 Å². The summed E-state index contributed by atoms with van der Waals surface area (Å²) in [6.07, 6.45) is 5.31. The highest BCUT2D eigenvalue weighted by molar-refractivity contribution is 6.03. The van der Waals surface area contributed by atoms with Gasteiger partial charge in [-0.1, -0.05) is 25.1 Å². The van der Waals surface area contributed by atoms with E-state index in [-0.39, 0.29) is 11.8 Å². The molecule has 1 heterocycles. The van der Waals surface area contributed by atoms with E-state index < -0.39 is 0 Å². The number of rotatable bonds is 6. The van der Waals surface area contributed by atoms with E-state index in [1.165, 1.54) is 6.08 Å². The summed E-state index contributed by atoms with van der Waals surface area (Å²) < 4.78 is 5.41. The lowest BCUT2D eigenvalue weighted by Crippen LogP contribution is -2.37. The molecule has 29 heavy (non-hydrogen) atoms. The number of benzene rings is 2. The van der Waals surface area contributed by atoms with Gasteiger partial charge in [-0.25, -0.2) is 0 Å². The molecule has 0 spiro atoms. The van der Waals surface area contributed by atoms with Crippen LogP contribution in [0.15, 0.2) is 54.6 Å². The van der Waals surface area contributed by atoms with Crippen molar-refractivity contribution in [2.75, 3.05) is 25.0 Å². The molecule has 2 amide bonds. The number of hydrogen-bond donors (Lipinski definition) is 1. The summed E-state index contributed by atoms with van der Waals surface area (Å²) in [5.74, 6) is 1.26. The van der Waals surface area contributed by atoms with Crippen LogP contribution in [0.5, 0.6) is 5.75 Å². The number of ether oxygens (including phenoxy) is 1. The van der Waals surface area contributed by atoms with Crippen molar-refractivity contribution in [3.63, 3.8) is 0 Å². The first-order chi connectivity index (χ1) is 14.0. The molecule has 1 saturated heterocycles. The summed E-state index contributed by atoms with van der Waals surface area (Å²) in [6.45, 7) is 6.37. The highest BCUT2D eigenvalue weighted by Crippen LogP contribution is 2.20. The first kappa shape index (κ1) is 20.6. The van der Waals surface area contributed by atoms with Crippen LogP contribution in [0.4, 0.5) is 5.69 Å². The Kier molecular flexibility index (Phi) is 7.06. The van der Waals surface area contributed by atoms with Crippen molar-refractivity contribution >= 4 is 23.6 Å². The summed E-state index contributed by atoms with van der Waals surface area (Å²) in [6, 6.07) is 14.7. The summed E-state index contributed by atoms with van der Waals surface area (Å²) in [5, 5.41) is 2.83. The third-order valence-electron chi connectivity index (χ3n) is 5.07. The average Bonchev–Trinajstić information content (AvgIpc) is 2.74. The monoisotopic (exact) mass is 392 g/mol. The second-order valence-electron chi connectivity index (χ2n) is 7.38. The lowest BCUT2D eigenvalue weighted by Gasteiger charge is -2.30. The van der Waals surface area contributed by atoms with E-state index in [4.69, 9.17) is 4.74 Å². The zero-order valence-corrected chi connectivity index (χ0v) is 17.1. The van der Waals surface area contributed by atoms with Crippen LogP contribution in [0.3, 0.4) is 0 Å². The highest BCUT2D eigenvalue weighted by atomic mass is 16.5. The Morgan fingerprint density at radius 1 is 1.14 bits per heavy atom. The third kappa shape index (κ3) is 5.95. The average molecular weight is 392 g/mol. The molecule has 0 unspecified atom stereocenters. The summed E-state index contributed by atoms with van der Waals surface area (Å²) in [5.41, 5.74) is 2.13. The van der Waals surface area contributed by atoms with Crippen molar-refractivity contribution in [3.8, 4) is 5.75 Å². The van der Waals surface area contributed by atoms with E-state index in [0.29, 0.717) is 23.8 Å². The molecule has 0 atom stereocenters. The molecule has 1 aliphatic heterocycles. The molecule has 0 aromatic heterocycles. The minimum Gasteiger partial charge on any atom is -0.494 e. The maximum atomic E-state index is 12.7. The van der Waals surface area contributed by atoms with Crippen molar-refractivity contribution in [1.82, 2.24) is 4.90 Å². The molecule has 2 aromatic rings. The normalized spacial score (nSPS) is 14.8. The first-order valence-electron chi connectivity index (χ1n) is 10.2. The largest absolute Gasteiger partial charge is 0.494 e. The lowest BCUT2D eigenvalue weighted by atomic mass is 9.98. The standard InChI is InChI=1S/C24H28N2O3/c1-3-29-22-10-7-19(8-11-22)9-12-23(27)25-21-6-4-5-20(17-21)24(28)26-15-13-18(2)14-16-26/h4-12,17-18H,3,13-16H2,1-2H3,(H,25,27)/b12-9+. The first-order valence-corrected chi connectivity index (χ1v) is 10.2. The smallest absolute Gasteiger partial charge is 0.253 e. The van der Waals surface area contributed by atoms with Crippen molar-refractivity contribution in [3.05, 3.63) is 65.7 Å². The quantitative estimate of drug-likeness (QED) is 0.731. The van der Waals surface area contributed by atoms with Crippen LogP contribution in [0.1, 0.15) is 42.6 Å². The van der Waals surface area contributed by atoms with Gasteiger partial charge in [0.25, 0.3) is 5.91 Å². The Morgan fingerprint density at radius 3 is 2.55 bits per heavy atom. The number of amides is 2. The number of nitrogens with one attached hydrogen (secondary N) is 1. The van der Waals surface area contributed by atoms with Gasteiger partial charge in [0.1, 0.15) is 5.75 Å². The number of nitrogens with zero attached hydrogens (tertiary/aromatic N) is 1. The van der Waals surface area contributed by atoms with E-state index in [0.717, 1.165) is 37.2 Å². The number of piperidine rings is 1. The van der Waals surface area contributed by atoms with E-state index in [1.54, 1.807) is 30.3 Å². The molecule has 1 N–H and O–H groups in total. The molecule has 0 bridgehead atoms. The third-order valence-corrected chi connectivity index (χ3v) is 5.07. The SMILES string of the molecule is CCOc1ccc(/C=C/C(=O)Nc2cccc(C(=O)N3CCC(C)CC3)c2)cc1. The van der Waals surface area contributed by atoms with E-state index in [1.807, 2.05) is 36.1 Å². The zero-order chi connectivity index (χ0) is 20.6. The molecule has 0 saturated carbocycles. The maximum Gasteiger partial charge on any atom is 0.253 e. The van der Waals surface area contributed by atoms with E-state index in [9.17, 15) is 9.59 Å². The van der Waals surface area contributed by atoms with Gasteiger partial charge in [-0.2, -0.15) is 0 Å². The number of likely N-dealkylation sites (tertiary alicyclic amines) is 1. The van der Waals surface area contributed by atoms with E-state index >= 15 is 0 Å². The molecule has 152 valence electrons. The van der Waals surface area contributed by atoms with Crippen LogP contribution >= 0.6 is 0 Å². The van der Waals surface area contributed by atoms with Crippen LogP contribution in [0.25, 0.3) is 6.08 Å². The number of anilines is 1. The molecule has 1 aliphatic rings. The summed E-state index contributed by atoms with van der Waals surface area (Å²) >= 11 is 0. The zero-order valence-electron chi connectivity index (χ0n) is 17.1. The van der Waals surface area contributed by atoms with Gasteiger partial charge in [-0.3, -0.25) is 9.59 Å². The van der Waals surface area contributed by atoms with Crippen LogP contribution in [0, 0.1) is 5.92 Å². The van der Waals surface area contributed by atoms with Crippen molar-refractivity contribution in [2.24, 2.45) is 5.92 Å². The predicted molar refractivity (Wildman–Crippen MR) is 116 cm³/mol. The molecule has 5 nitrogen and oxygen atoms in total. The number of hydrogen-bond acceptors (Lipinski definition) is 3. The Hall–Kier alpha value is -3.08. The van der Waals surface area contributed by atoms with Gasteiger partial charge in [0.2, 0.25) is 5.91 Å². The molecule has 5 heteroatoms. The number of carbonyl (C=O) groups excluding carboxylic acids is 2. The van der Waals surface area contributed by atoms with Crippen molar-refractivity contribution in [1.29, 1.82) is 0 Å². The van der Waals surface area contributed by atoms with Gasteiger partial charge in [0, 0.05) is 30.4 Å². The Morgan fingerprint density at radius 2 is 1.86 bits per heavy atom. The minimum atomic E-state index is -0.240. The summed E-state index contributed by atoms with van der Waals surface area (Å²) in [4.78, 5) is 26.9. The molecular weight excluding hydrogens is 364 g/mol. The van der Waals surface area contributed by atoms with Gasteiger partial charge in [-0.05, 0) is 67.7 Å². The fourth-order valence-corrected chi connectivity index (χ4v) is 3.32. The topological polar surface area (TPSA) is 58.6 Å². The van der Waals surface area contributed by atoms with Crippen molar-refractivity contribution < 1.29 is 14.3 Å². The van der Waals surface area contributed by atoms with Crippen LogP contribution < -0.4 is 10.1 Å². The Bertz CT molecular complexity index is 866. The molecule has 3 rings (SSSR count). The molecular formula is C24H28N2O3. The van der Waals surface area contributed by atoms with Crippen LogP contribution in [-0.2, 0) is 4.79 Å². The predicted octanol–water partition coefficient (Wildman–Crippen LogP) is 4.61. The minimum absolute atomic E-state index is 0.0259. The fraction of sp³-hybridized carbons (Fsp3) is 0.333. The second-order valence-corrected chi connectivity index (χ2v) is 7.38. The maximum absolute atomic E-state index is 12.7.